The zero-order valence-corrected chi connectivity index (χ0v) is 10.6. The van der Waals surface area contributed by atoms with Crippen molar-refractivity contribution in [2.24, 2.45) is 0 Å². The smallest absolute Gasteiger partial charge is 0.390 e. The Morgan fingerprint density at radius 1 is 1.58 bits per heavy atom. The Kier molecular flexibility index (Phi) is 3.40. The van der Waals surface area contributed by atoms with Crippen LogP contribution in [-0.4, -0.2) is 40.2 Å². The Bertz CT molecular complexity index is 605. The number of rotatable bonds is 4. The number of aromatic nitrogens is 2. The Labute approximate surface area is 109 Å². The highest BCUT2D eigenvalue weighted by atomic mass is 32.1. The summed E-state index contributed by atoms with van der Waals surface area (Å²) < 4.78 is 37.9. The normalized spacial score (nSPS) is 12.0. The molecule has 2 heterocycles. The molecule has 0 aliphatic carbocycles. The lowest BCUT2D eigenvalue weighted by Crippen LogP contribution is -2.26. The molecule has 0 unspecified atom stereocenters. The second-order valence-corrected chi connectivity index (χ2v) is 4.80. The Morgan fingerprint density at radius 3 is 2.84 bits per heavy atom. The number of fused-ring (bicyclic) bond motifs is 1. The maximum absolute atomic E-state index is 12.2. The van der Waals surface area contributed by atoms with E-state index in [-0.39, 0.29) is 18.1 Å². The third kappa shape index (κ3) is 2.80. The highest BCUT2D eigenvalue weighted by Gasteiger charge is 2.29. The van der Waals surface area contributed by atoms with E-state index in [0.717, 1.165) is 0 Å². The average Bonchev–Trinajstić information content (AvgIpc) is 2.82. The van der Waals surface area contributed by atoms with Crippen LogP contribution in [0.5, 0.6) is 0 Å². The first-order chi connectivity index (χ1) is 8.79. The first-order valence-electron chi connectivity index (χ1n) is 5.26. The minimum absolute atomic E-state index is 0.0450. The molecule has 0 aliphatic rings. The molecule has 2 aromatic heterocycles. The number of aromatic carboxylic acids is 1. The van der Waals surface area contributed by atoms with Crippen LogP contribution in [0, 0.1) is 0 Å². The van der Waals surface area contributed by atoms with Gasteiger partial charge >= 0.3 is 12.1 Å². The van der Waals surface area contributed by atoms with E-state index in [4.69, 9.17) is 5.11 Å². The zero-order valence-electron chi connectivity index (χ0n) is 9.81. The lowest BCUT2D eigenvalue weighted by Gasteiger charge is -2.18. The number of anilines is 1. The second-order valence-electron chi connectivity index (χ2n) is 3.93. The first kappa shape index (κ1) is 13.7. The van der Waals surface area contributed by atoms with Crippen molar-refractivity contribution >= 4 is 28.1 Å². The Hall–Kier alpha value is -1.77. The van der Waals surface area contributed by atoms with Gasteiger partial charge in [0.25, 0.3) is 0 Å². The lowest BCUT2D eigenvalue weighted by molar-refractivity contribution is -0.132. The minimum atomic E-state index is -4.28. The van der Waals surface area contributed by atoms with Gasteiger partial charge in [-0.1, -0.05) is 0 Å². The van der Waals surface area contributed by atoms with Gasteiger partial charge in [0.05, 0.1) is 6.42 Å². The topological polar surface area (TPSA) is 57.8 Å². The van der Waals surface area contributed by atoms with Crippen molar-refractivity contribution in [1.82, 2.24) is 9.38 Å². The van der Waals surface area contributed by atoms with Crippen LogP contribution in [-0.2, 0) is 0 Å². The maximum Gasteiger partial charge on any atom is 0.390 e. The number of carbonyl (C=O) groups is 1. The van der Waals surface area contributed by atoms with E-state index in [2.05, 4.69) is 4.98 Å². The molecule has 1 N–H and O–H groups in total. The van der Waals surface area contributed by atoms with Gasteiger partial charge in [-0.25, -0.2) is 9.78 Å². The summed E-state index contributed by atoms with van der Waals surface area (Å²) in [6.07, 6.45) is -3.78. The molecular formula is C10H10F3N3O2S. The summed E-state index contributed by atoms with van der Waals surface area (Å²) in [4.78, 5) is 16.9. The number of hydrogen-bond donors (Lipinski definition) is 1. The highest BCUT2D eigenvalue weighted by Crippen LogP contribution is 2.26. The van der Waals surface area contributed by atoms with Crippen molar-refractivity contribution in [3.63, 3.8) is 0 Å². The molecule has 0 saturated heterocycles. The van der Waals surface area contributed by atoms with E-state index in [1.54, 1.807) is 5.38 Å². The predicted octanol–water partition coefficient (Wildman–Crippen LogP) is 2.48. The number of alkyl halides is 3. The van der Waals surface area contributed by atoms with E-state index in [9.17, 15) is 18.0 Å². The zero-order chi connectivity index (χ0) is 14.2. The summed E-state index contributed by atoms with van der Waals surface area (Å²) in [5.41, 5.74) is -0.124. The van der Waals surface area contributed by atoms with E-state index < -0.39 is 18.6 Å². The molecule has 0 aliphatic heterocycles. The van der Waals surface area contributed by atoms with Crippen molar-refractivity contribution in [3.8, 4) is 0 Å². The standard InChI is InChI=1S/C10H10F3N3O2S/c1-15(3-2-10(11,12)13)7-6(8(17)18)16-4-5-19-9(16)14-7/h4-5H,2-3H2,1H3,(H,17,18). The third-order valence-corrected chi connectivity index (χ3v) is 3.30. The van der Waals surface area contributed by atoms with Crippen molar-refractivity contribution in [2.75, 3.05) is 18.5 Å². The van der Waals surface area contributed by atoms with Crippen LogP contribution in [0.15, 0.2) is 11.6 Å². The van der Waals surface area contributed by atoms with Gasteiger partial charge in [0.2, 0.25) is 0 Å². The number of nitrogens with zero attached hydrogens (tertiary/aromatic N) is 3. The summed E-state index contributed by atoms with van der Waals surface area (Å²) in [6, 6.07) is 0. The molecule has 0 atom stereocenters. The van der Waals surface area contributed by atoms with Crippen molar-refractivity contribution in [2.45, 2.75) is 12.6 Å². The van der Waals surface area contributed by atoms with Crippen LogP contribution in [0.1, 0.15) is 16.9 Å². The molecular weight excluding hydrogens is 283 g/mol. The molecule has 0 amide bonds. The number of halogens is 3. The van der Waals surface area contributed by atoms with E-state index in [0.29, 0.717) is 4.96 Å². The third-order valence-electron chi connectivity index (χ3n) is 2.54. The van der Waals surface area contributed by atoms with Crippen LogP contribution in [0.4, 0.5) is 19.0 Å². The quantitative estimate of drug-likeness (QED) is 0.941. The fourth-order valence-electron chi connectivity index (χ4n) is 1.64. The summed E-state index contributed by atoms with van der Waals surface area (Å²) in [5.74, 6) is -1.18. The monoisotopic (exact) mass is 293 g/mol. The number of carboxylic acid groups (broad SMARTS) is 1. The number of imidazole rings is 1. The van der Waals surface area contributed by atoms with Crippen LogP contribution >= 0.6 is 11.3 Å². The molecule has 19 heavy (non-hydrogen) atoms. The van der Waals surface area contributed by atoms with E-state index in [1.807, 2.05) is 0 Å². The van der Waals surface area contributed by atoms with Crippen LogP contribution in [0.3, 0.4) is 0 Å². The summed E-state index contributed by atoms with van der Waals surface area (Å²) in [6.45, 7) is -0.339. The van der Waals surface area contributed by atoms with E-state index in [1.165, 1.54) is 33.9 Å². The summed E-state index contributed by atoms with van der Waals surface area (Å²) >= 11 is 1.22. The lowest BCUT2D eigenvalue weighted by atomic mass is 10.3. The predicted molar refractivity (Wildman–Crippen MR) is 64.0 cm³/mol. The molecule has 0 radical (unpaired) electrons. The highest BCUT2D eigenvalue weighted by molar-refractivity contribution is 7.15. The number of carboxylic acids is 1. The molecule has 0 spiro atoms. The van der Waals surface area contributed by atoms with Crippen LogP contribution in [0.2, 0.25) is 0 Å². The maximum atomic E-state index is 12.2. The van der Waals surface area contributed by atoms with Gasteiger partial charge in [-0.05, 0) is 0 Å². The van der Waals surface area contributed by atoms with Crippen molar-refractivity contribution in [1.29, 1.82) is 0 Å². The second kappa shape index (κ2) is 4.72. The van der Waals surface area contributed by atoms with Crippen LogP contribution in [0.25, 0.3) is 4.96 Å². The fraction of sp³-hybridized carbons (Fsp3) is 0.400. The Morgan fingerprint density at radius 2 is 2.26 bits per heavy atom. The summed E-state index contributed by atoms with van der Waals surface area (Å²) in [7, 11) is 1.39. The van der Waals surface area contributed by atoms with Crippen molar-refractivity contribution < 1.29 is 23.1 Å². The first-order valence-corrected chi connectivity index (χ1v) is 6.14. The van der Waals surface area contributed by atoms with Crippen LogP contribution < -0.4 is 4.90 Å². The largest absolute Gasteiger partial charge is 0.476 e. The SMILES string of the molecule is CN(CCC(F)(F)F)c1nc2sccn2c1C(=O)O. The molecule has 0 aromatic carbocycles. The minimum Gasteiger partial charge on any atom is -0.476 e. The average molecular weight is 293 g/mol. The van der Waals surface area contributed by atoms with Crippen molar-refractivity contribution in [3.05, 3.63) is 17.3 Å². The van der Waals surface area contributed by atoms with Gasteiger partial charge in [-0.3, -0.25) is 4.40 Å². The summed E-state index contributed by atoms with van der Waals surface area (Å²) in [5, 5.41) is 10.8. The number of hydrogen-bond acceptors (Lipinski definition) is 4. The molecule has 9 heteroatoms. The molecule has 0 saturated carbocycles. The molecule has 104 valence electrons. The van der Waals surface area contributed by atoms with Gasteiger partial charge in [0.15, 0.2) is 16.5 Å². The molecule has 5 nitrogen and oxygen atoms in total. The van der Waals surface area contributed by atoms with Gasteiger partial charge in [-0.2, -0.15) is 13.2 Å². The van der Waals surface area contributed by atoms with Gasteiger partial charge in [0.1, 0.15) is 0 Å². The fourth-order valence-corrected chi connectivity index (χ4v) is 2.35. The van der Waals surface area contributed by atoms with E-state index >= 15 is 0 Å². The van der Waals surface area contributed by atoms with Gasteiger partial charge < -0.3 is 10.0 Å². The number of thiazole rings is 1. The van der Waals surface area contributed by atoms with Gasteiger partial charge in [0, 0.05) is 25.2 Å². The Balaban J connectivity index is 2.31. The molecule has 2 rings (SSSR count). The van der Waals surface area contributed by atoms with Gasteiger partial charge in [-0.15, -0.1) is 11.3 Å². The molecule has 0 bridgehead atoms. The molecule has 0 fully saturated rings. The molecule has 2 aromatic rings.